The van der Waals surface area contributed by atoms with Crippen molar-refractivity contribution in [2.75, 3.05) is 7.11 Å². The number of rotatable bonds is 1. The van der Waals surface area contributed by atoms with Crippen LogP contribution in [0.3, 0.4) is 0 Å². The van der Waals surface area contributed by atoms with Crippen molar-refractivity contribution in [2.24, 2.45) is 0 Å². The molecule has 0 fully saturated rings. The molecule has 0 atom stereocenters. The molecule has 0 amide bonds. The Kier molecular flexibility index (Phi) is 2.53. The van der Waals surface area contributed by atoms with Gasteiger partial charge < -0.3 is 4.74 Å². The van der Waals surface area contributed by atoms with Crippen molar-refractivity contribution < 1.29 is 9.53 Å². The summed E-state index contributed by atoms with van der Waals surface area (Å²) in [5.41, 5.74) is 1.97. The van der Waals surface area contributed by atoms with E-state index in [2.05, 4.69) is 4.74 Å². The number of carbonyl (C=O) groups is 1. The van der Waals surface area contributed by atoms with Crippen molar-refractivity contribution in [3.63, 3.8) is 0 Å². The molecule has 1 rings (SSSR count). The lowest BCUT2D eigenvalue weighted by Gasteiger charge is -2.03. The topological polar surface area (TPSA) is 26.3 Å². The van der Waals surface area contributed by atoms with E-state index < -0.39 is 0 Å². The van der Waals surface area contributed by atoms with Crippen LogP contribution in [0.25, 0.3) is 0 Å². The van der Waals surface area contributed by atoms with E-state index in [1.54, 1.807) is 18.2 Å². The average molecular weight is 160 g/mol. The van der Waals surface area contributed by atoms with Gasteiger partial charge >= 0.3 is 5.97 Å². The average Bonchev–Trinajstić information content (AvgIpc) is 2.08. The summed E-state index contributed by atoms with van der Waals surface area (Å²) in [7, 11) is 6.86. The van der Waals surface area contributed by atoms with E-state index in [0.717, 1.165) is 5.56 Å². The van der Waals surface area contributed by atoms with Gasteiger partial charge in [-0.05, 0) is 12.5 Å². The second kappa shape index (κ2) is 3.43. The van der Waals surface area contributed by atoms with Crippen molar-refractivity contribution in [3.8, 4) is 0 Å². The first-order chi connectivity index (χ1) is 5.65. The summed E-state index contributed by atoms with van der Waals surface area (Å²) < 4.78 is 4.58. The quantitative estimate of drug-likeness (QED) is 0.443. The van der Waals surface area contributed by atoms with Gasteiger partial charge in [-0.15, -0.1) is 0 Å². The lowest BCUT2D eigenvalue weighted by atomic mass is 9.92. The van der Waals surface area contributed by atoms with Gasteiger partial charge in [0.05, 0.1) is 12.7 Å². The van der Waals surface area contributed by atoms with Gasteiger partial charge in [0.15, 0.2) is 0 Å². The molecule has 0 saturated heterocycles. The van der Waals surface area contributed by atoms with Crippen LogP contribution in [-0.2, 0) is 4.74 Å². The highest BCUT2D eigenvalue weighted by Gasteiger charge is 2.07. The lowest BCUT2D eigenvalue weighted by molar-refractivity contribution is 0.0600. The predicted octanol–water partition coefficient (Wildman–Crippen LogP) is 0.575. The van der Waals surface area contributed by atoms with Gasteiger partial charge in [0.1, 0.15) is 7.85 Å². The third-order valence-corrected chi connectivity index (χ3v) is 1.67. The van der Waals surface area contributed by atoms with E-state index in [4.69, 9.17) is 7.85 Å². The molecule has 0 spiro atoms. The van der Waals surface area contributed by atoms with E-state index in [0.29, 0.717) is 11.0 Å². The third-order valence-electron chi connectivity index (χ3n) is 1.67. The highest BCUT2D eigenvalue weighted by atomic mass is 16.5. The molecule has 0 aliphatic carbocycles. The Morgan fingerprint density at radius 1 is 1.50 bits per heavy atom. The zero-order chi connectivity index (χ0) is 9.14. The number of benzene rings is 1. The number of hydrogen-bond acceptors (Lipinski definition) is 2. The van der Waals surface area contributed by atoms with Crippen molar-refractivity contribution in [2.45, 2.75) is 6.92 Å². The molecule has 2 radical (unpaired) electrons. The number of carbonyl (C=O) groups excluding carboxylic acids is 1. The van der Waals surface area contributed by atoms with Gasteiger partial charge in [0, 0.05) is 0 Å². The molecular weight excluding hydrogens is 151 g/mol. The lowest BCUT2D eigenvalue weighted by Crippen LogP contribution is -2.10. The van der Waals surface area contributed by atoms with Crippen molar-refractivity contribution >= 4 is 19.3 Å². The van der Waals surface area contributed by atoms with Gasteiger partial charge in [-0.2, -0.15) is 0 Å². The molecule has 3 heteroatoms. The Morgan fingerprint density at radius 3 is 2.75 bits per heavy atom. The summed E-state index contributed by atoms with van der Waals surface area (Å²) in [4.78, 5) is 11.1. The molecule has 0 N–H and O–H groups in total. The van der Waals surface area contributed by atoms with Gasteiger partial charge in [-0.25, -0.2) is 4.79 Å². The first-order valence-electron chi connectivity index (χ1n) is 3.59. The Morgan fingerprint density at radius 2 is 2.17 bits per heavy atom. The van der Waals surface area contributed by atoms with Crippen LogP contribution < -0.4 is 5.46 Å². The SMILES string of the molecule is [B]c1ccc(C)c(C(=O)OC)c1. The molecular formula is C9H9BO2. The van der Waals surface area contributed by atoms with Crippen LogP contribution in [-0.4, -0.2) is 20.9 Å². The molecule has 1 aromatic carbocycles. The monoisotopic (exact) mass is 160 g/mol. The van der Waals surface area contributed by atoms with Gasteiger partial charge in [-0.1, -0.05) is 23.7 Å². The molecule has 12 heavy (non-hydrogen) atoms. The molecule has 0 saturated carbocycles. The van der Waals surface area contributed by atoms with Crippen LogP contribution in [0.2, 0.25) is 0 Å². The Balaban J connectivity index is 3.13. The first-order valence-corrected chi connectivity index (χ1v) is 3.59. The Hall–Kier alpha value is -1.25. The molecule has 0 aromatic heterocycles. The van der Waals surface area contributed by atoms with E-state index in [1.807, 2.05) is 6.92 Å². The smallest absolute Gasteiger partial charge is 0.338 e. The molecule has 0 heterocycles. The van der Waals surface area contributed by atoms with Crippen LogP contribution >= 0.6 is 0 Å². The number of hydrogen-bond donors (Lipinski definition) is 0. The van der Waals surface area contributed by atoms with E-state index >= 15 is 0 Å². The normalized spacial score (nSPS) is 9.50. The second-order valence-corrected chi connectivity index (χ2v) is 2.57. The maximum Gasteiger partial charge on any atom is 0.338 e. The Labute approximate surface area is 73.0 Å². The zero-order valence-corrected chi connectivity index (χ0v) is 7.13. The largest absolute Gasteiger partial charge is 0.465 e. The maximum atomic E-state index is 11.1. The minimum absolute atomic E-state index is 0.347. The fourth-order valence-electron chi connectivity index (χ4n) is 0.969. The van der Waals surface area contributed by atoms with Crippen molar-refractivity contribution in [1.29, 1.82) is 0 Å². The maximum absolute atomic E-state index is 11.1. The van der Waals surface area contributed by atoms with Crippen LogP contribution in [0.1, 0.15) is 15.9 Å². The number of methoxy groups -OCH3 is 1. The molecule has 0 aliphatic rings. The van der Waals surface area contributed by atoms with Gasteiger partial charge in [-0.3, -0.25) is 0 Å². The second-order valence-electron chi connectivity index (χ2n) is 2.57. The number of aryl methyl sites for hydroxylation is 1. The van der Waals surface area contributed by atoms with Gasteiger partial charge in [0.2, 0.25) is 0 Å². The fourth-order valence-corrected chi connectivity index (χ4v) is 0.969. The van der Waals surface area contributed by atoms with Crippen molar-refractivity contribution in [3.05, 3.63) is 29.3 Å². The third kappa shape index (κ3) is 1.67. The molecule has 1 aromatic rings. The fraction of sp³-hybridized carbons (Fsp3) is 0.222. The summed E-state index contributed by atoms with van der Waals surface area (Å²) in [5, 5.41) is 0. The van der Waals surface area contributed by atoms with Crippen LogP contribution in [0, 0.1) is 6.92 Å². The Bertz CT molecular complexity index is 307. The van der Waals surface area contributed by atoms with E-state index in [9.17, 15) is 4.79 Å². The number of esters is 1. The van der Waals surface area contributed by atoms with Crippen molar-refractivity contribution in [1.82, 2.24) is 0 Å². The summed E-state index contributed by atoms with van der Waals surface area (Å²) in [6.07, 6.45) is 0. The summed E-state index contributed by atoms with van der Waals surface area (Å²) in [6, 6.07) is 5.16. The van der Waals surface area contributed by atoms with E-state index in [-0.39, 0.29) is 5.97 Å². The highest BCUT2D eigenvalue weighted by Crippen LogP contribution is 2.05. The first kappa shape index (κ1) is 8.85. The molecule has 0 aliphatic heterocycles. The molecule has 60 valence electrons. The number of ether oxygens (including phenoxy) is 1. The van der Waals surface area contributed by atoms with Crippen LogP contribution in [0.5, 0.6) is 0 Å². The summed E-state index contributed by atoms with van der Waals surface area (Å²) in [6.45, 7) is 1.84. The molecule has 2 nitrogen and oxygen atoms in total. The highest BCUT2D eigenvalue weighted by molar-refractivity contribution is 6.32. The minimum atomic E-state index is -0.347. The van der Waals surface area contributed by atoms with Gasteiger partial charge in [0.25, 0.3) is 0 Å². The minimum Gasteiger partial charge on any atom is -0.465 e. The summed E-state index contributed by atoms with van der Waals surface area (Å²) in [5.74, 6) is -0.347. The zero-order valence-electron chi connectivity index (χ0n) is 7.13. The standard InChI is InChI=1S/C9H9BO2/c1-6-3-4-7(10)5-8(6)9(11)12-2/h3-5H,1-2H3. The molecule has 0 unspecified atom stereocenters. The summed E-state index contributed by atoms with van der Waals surface area (Å²) >= 11 is 0. The predicted molar refractivity (Wildman–Crippen MR) is 47.9 cm³/mol. The molecule has 0 bridgehead atoms. The van der Waals surface area contributed by atoms with Crippen LogP contribution in [0.15, 0.2) is 18.2 Å². The van der Waals surface area contributed by atoms with Crippen LogP contribution in [0.4, 0.5) is 0 Å². The van der Waals surface area contributed by atoms with E-state index in [1.165, 1.54) is 7.11 Å².